The molecule has 190 valence electrons. The number of nitrogens with one attached hydrogen (secondary N) is 1. The molecule has 0 fully saturated rings. The van der Waals surface area contributed by atoms with Gasteiger partial charge in [-0.15, -0.1) is 0 Å². The summed E-state index contributed by atoms with van der Waals surface area (Å²) in [4.78, 5) is 26.4. The van der Waals surface area contributed by atoms with E-state index in [1.54, 1.807) is 23.1 Å². The Bertz CT molecular complexity index is 1280. The van der Waals surface area contributed by atoms with Crippen LogP contribution in [-0.4, -0.2) is 46.6 Å². The van der Waals surface area contributed by atoms with Gasteiger partial charge in [0.25, 0.3) is 0 Å². The number of nitrogens with zero attached hydrogens (tertiary/aromatic N) is 2. The molecule has 3 aromatic rings. The van der Waals surface area contributed by atoms with Crippen molar-refractivity contribution in [2.24, 2.45) is 0 Å². The fraction of sp³-hybridized carbons (Fsp3) is 0.200. The van der Waals surface area contributed by atoms with E-state index in [4.69, 9.17) is 28.3 Å². The quantitative estimate of drug-likeness (QED) is 0.395. The number of para-hydroxylation sites is 1. The van der Waals surface area contributed by atoms with Crippen LogP contribution >= 0.6 is 23.2 Å². The molecule has 0 spiro atoms. The zero-order valence-corrected chi connectivity index (χ0v) is 21.9. The third-order valence-corrected chi connectivity index (χ3v) is 7.21. The first kappa shape index (κ1) is 27.5. The number of urea groups is 1. The number of carbonyl (C=O) groups excluding carboxylic acids is 1. The molecule has 0 aromatic heterocycles. The van der Waals surface area contributed by atoms with Gasteiger partial charge in [0.15, 0.2) is 11.0 Å². The Labute approximate surface area is 221 Å². The summed E-state index contributed by atoms with van der Waals surface area (Å²) in [6.07, 6.45) is 0.584. The number of anilines is 3. The lowest BCUT2D eigenvalue weighted by Crippen LogP contribution is -2.33. The van der Waals surface area contributed by atoms with Gasteiger partial charge in [0.2, 0.25) is 0 Å². The van der Waals surface area contributed by atoms with E-state index in [1.165, 1.54) is 22.5 Å². The van der Waals surface area contributed by atoms with E-state index in [1.807, 2.05) is 31.2 Å². The van der Waals surface area contributed by atoms with Crippen molar-refractivity contribution in [1.82, 2.24) is 0 Å². The van der Waals surface area contributed by atoms with Crippen molar-refractivity contribution in [3.05, 3.63) is 81.8 Å². The van der Waals surface area contributed by atoms with Gasteiger partial charge in [-0.2, -0.15) is 0 Å². The van der Waals surface area contributed by atoms with Gasteiger partial charge in [0.05, 0.1) is 10.6 Å². The molecule has 0 saturated heterocycles. The van der Waals surface area contributed by atoms with Crippen LogP contribution in [0.3, 0.4) is 0 Å². The van der Waals surface area contributed by atoms with E-state index in [-0.39, 0.29) is 6.03 Å². The molecule has 1 aliphatic rings. The van der Waals surface area contributed by atoms with Crippen molar-refractivity contribution in [1.29, 1.82) is 0 Å². The van der Waals surface area contributed by atoms with E-state index < -0.39 is 23.5 Å². The number of aliphatic carboxylic acids is 1. The number of hydrogen-bond donors (Lipinski definition) is 3. The second kappa shape index (κ2) is 12.2. The minimum atomic E-state index is -1.87. The molecule has 1 aliphatic heterocycles. The highest BCUT2D eigenvalue weighted by atomic mass is 35.5. The molecule has 1 heterocycles. The van der Waals surface area contributed by atoms with E-state index in [9.17, 15) is 18.9 Å². The maximum absolute atomic E-state index is 13.3. The predicted molar refractivity (Wildman–Crippen MR) is 144 cm³/mol. The Morgan fingerprint density at radius 3 is 2.36 bits per heavy atom. The van der Waals surface area contributed by atoms with Gasteiger partial charge in [0.1, 0.15) is 6.54 Å². The lowest BCUT2D eigenvalue weighted by molar-refractivity contribution is -0.135. The third-order valence-electron chi connectivity index (χ3n) is 5.40. The van der Waals surface area contributed by atoms with Crippen molar-refractivity contribution in [2.75, 3.05) is 34.7 Å². The summed E-state index contributed by atoms with van der Waals surface area (Å²) in [6.45, 7) is 1.90. The monoisotopic (exact) mass is 549 g/mol. The van der Waals surface area contributed by atoms with Crippen molar-refractivity contribution < 1.29 is 24.0 Å². The number of fused-ring (bicyclic) bond motifs is 1. The zero-order valence-electron chi connectivity index (χ0n) is 19.6. The first-order valence-electron chi connectivity index (χ1n) is 10.8. The van der Waals surface area contributed by atoms with Crippen LogP contribution in [0.15, 0.2) is 65.6 Å². The molecule has 2 amide bonds. The van der Waals surface area contributed by atoms with Crippen LogP contribution in [0.2, 0.25) is 10.0 Å². The molecule has 1 atom stereocenters. The average Bonchev–Trinajstić information content (AvgIpc) is 3.27. The number of carboxylic acids is 1. The number of aliphatic hydroxyl groups is 1. The van der Waals surface area contributed by atoms with Crippen molar-refractivity contribution in [2.45, 2.75) is 18.2 Å². The van der Waals surface area contributed by atoms with Gasteiger partial charge in [-0.05, 0) is 66.9 Å². The number of carbonyl (C=O) groups is 2. The molecule has 3 N–H and O–H groups in total. The topological polar surface area (TPSA) is 110 Å². The number of amides is 2. The van der Waals surface area contributed by atoms with Crippen molar-refractivity contribution in [3.63, 3.8) is 0 Å². The van der Waals surface area contributed by atoms with E-state index >= 15 is 0 Å². The molecule has 36 heavy (non-hydrogen) atoms. The van der Waals surface area contributed by atoms with Gasteiger partial charge in [-0.3, -0.25) is 14.0 Å². The highest BCUT2D eigenvalue weighted by Crippen LogP contribution is 2.34. The number of rotatable bonds is 6. The van der Waals surface area contributed by atoms with Crippen LogP contribution < -0.4 is 14.5 Å². The van der Waals surface area contributed by atoms with E-state index in [2.05, 4.69) is 5.32 Å². The number of carboxylic acid groups (broad SMARTS) is 1. The number of benzene rings is 3. The van der Waals surface area contributed by atoms with Gasteiger partial charge in [0, 0.05) is 35.1 Å². The van der Waals surface area contributed by atoms with Gasteiger partial charge < -0.3 is 15.5 Å². The molecule has 1 unspecified atom stereocenters. The highest BCUT2D eigenvalue weighted by Gasteiger charge is 2.27. The minimum absolute atomic E-state index is 0.250. The second-order valence-electron chi connectivity index (χ2n) is 7.74. The molecule has 0 aliphatic carbocycles. The van der Waals surface area contributed by atoms with E-state index in [0.29, 0.717) is 33.6 Å². The van der Waals surface area contributed by atoms with Crippen LogP contribution in [-0.2, 0) is 22.2 Å². The van der Waals surface area contributed by atoms with Crippen LogP contribution in [0.1, 0.15) is 11.1 Å². The van der Waals surface area contributed by atoms with Gasteiger partial charge in [-0.25, -0.2) is 9.00 Å². The van der Waals surface area contributed by atoms with E-state index in [0.717, 1.165) is 29.6 Å². The summed E-state index contributed by atoms with van der Waals surface area (Å²) in [5.74, 6) is -1.14. The summed E-state index contributed by atoms with van der Waals surface area (Å²) in [7, 11) is -0.866. The number of halogens is 2. The maximum Gasteiger partial charge on any atom is 0.326 e. The maximum atomic E-state index is 13.3. The number of aliphatic hydroxyl groups excluding tert-OH is 1. The molecular weight excluding hydrogens is 525 g/mol. The van der Waals surface area contributed by atoms with Crippen molar-refractivity contribution >= 4 is 63.3 Å². The Kier molecular flexibility index (Phi) is 9.33. The Morgan fingerprint density at radius 2 is 1.72 bits per heavy atom. The highest BCUT2D eigenvalue weighted by molar-refractivity contribution is 7.86. The third kappa shape index (κ3) is 6.36. The average molecular weight is 550 g/mol. The SMILES string of the molecule is CO.Cc1ccccc1NC(=O)N1CCc2cc(N(CC(=O)O)S(=O)c3cc(Cl)cc(Cl)c3)ccc21. The molecule has 0 radical (unpaired) electrons. The van der Waals surface area contributed by atoms with Gasteiger partial charge in [-0.1, -0.05) is 41.4 Å². The predicted octanol–water partition coefficient (Wildman–Crippen LogP) is 5.12. The first-order chi connectivity index (χ1) is 17.2. The van der Waals surface area contributed by atoms with Crippen LogP contribution in [0.25, 0.3) is 0 Å². The normalized spacial score (nSPS) is 12.8. The Hall–Kier alpha value is -3.11. The summed E-state index contributed by atoms with van der Waals surface area (Å²) in [5, 5.41) is 20.0. The number of hydrogen-bond acceptors (Lipinski definition) is 4. The summed E-state index contributed by atoms with van der Waals surface area (Å²) < 4.78 is 14.5. The number of aryl methyl sites for hydroxylation is 1. The molecule has 4 rings (SSSR count). The Balaban J connectivity index is 0.00000176. The summed E-state index contributed by atoms with van der Waals surface area (Å²) in [6, 6.07) is 16.9. The molecular formula is C25H25Cl2N3O5S. The zero-order chi connectivity index (χ0) is 26.4. The van der Waals surface area contributed by atoms with Crippen LogP contribution in [0.4, 0.5) is 21.9 Å². The lowest BCUT2D eigenvalue weighted by atomic mass is 10.1. The molecule has 11 heteroatoms. The Morgan fingerprint density at radius 1 is 1.06 bits per heavy atom. The second-order valence-corrected chi connectivity index (χ2v) is 10.0. The van der Waals surface area contributed by atoms with Crippen LogP contribution in [0, 0.1) is 6.92 Å². The smallest absolute Gasteiger partial charge is 0.326 e. The first-order valence-corrected chi connectivity index (χ1v) is 12.7. The molecule has 3 aromatic carbocycles. The molecule has 0 bridgehead atoms. The standard InChI is InChI=1S/C24H21Cl2N3O4S.CH4O/c1-15-4-2-3-5-21(15)27-24(32)28-9-8-16-10-19(6-7-22(16)28)29(14-23(30)31)34(33)20-12-17(25)11-18(26)13-20;1-2/h2-7,10-13H,8-9,14H2,1H3,(H,27,32)(H,30,31);2H,1H3. The fourth-order valence-corrected chi connectivity index (χ4v) is 5.67. The summed E-state index contributed by atoms with van der Waals surface area (Å²) >= 11 is 12.1. The largest absolute Gasteiger partial charge is 0.480 e. The van der Waals surface area contributed by atoms with Crippen molar-refractivity contribution in [3.8, 4) is 0 Å². The minimum Gasteiger partial charge on any atom is -0.480 e. The molecule has 8 nitrogen and oxygen atoms in total. The molecule has 0 saturated carbocycles. The van der Waals surface area contributed by atoms with Gasteiger partial charge >= 0.3 is 12.0 Å². The van der Waals surface area contributed by atoms with Crippen LogP contribution in [0.5, 0.6) is 0 Å². The summed E-state index contributed by atoms with van der Waals surface area (Å²) in [5.41, 5.74) is 3.73. The lowest BCUT2D eigenvalue weighted by Gasteiger charge is -2.23. The fourth-order valence-electron chi connectivity index (χ4n) is 3.78.